The summed E-state index contributed by atoms with van der Waals surface area (Å²) in [6.45, 7) is 2.50. The average Bonchev–Trinajstić information content (AvgIpc) is 3.09. The number of benzene rings is 3. The van der Waals surface area contributed by atoms with Gasteiger partial charge < -0.3 is 15.8 Å². The summed E-state index contributed by atoms with van der Waals surface area (Å²) in [5.74, 6) is 0.588. The van der Waals surface area contributed by atoms with Crippen molar-refractivity contribution in [2.75, 3.05) is 17.7 Å². The number of nitrogens with zero attached hydrogens (tertiary/aromatic N) is 3. The van der Waals surface area contributed by atoms with Gasteiger partial charge in [0.25, 0.3) is 5.91 Å². The molecule has 0 aliphatic carbocycles. The highest BCUT2D eigenvalue weighted by molar-refractivity contribution is 6.31. The molecule has 164 valence electrons. The Morgan fingerprint density at radius 2 is 1.76 bits per heavy atom. The molecular formula is C25H20ClN5O2. The molecule has 5 rings (SSSR count). The largest absolute Gasteiger partial charge is 0.494 e. The monoisotopic (exact) mass is 457 g/mol. The zero-order valence-electron chi connectivity index (χ0n) is 17.7. The minimum absolute atomic E-state index is 0.240. The number of nitrogen functional groups attached to an aromatic ring is 1. The molecule has 0 saturated heterocycles. The molecule has 0 spiro atoms. The Labute approximate surface area is 194 Å². The number of carbonyl (C=O) groups is 1. The molecule has 0 saturated carbocycles. The number of para-hydroxylation sites is 2. The maximum Gasteiger partial charge on any atom is 0.261 e. The Morgan fingerprint density at radius 1 is 1.03 bits per heavy atom. The summed E-state index contributed by atoms with van der Waals surface area (Å²) in [7, 11) is 0. The highest BCUT2D eigenvalue weighted by Crippen LogP contribution is 2.32. The molecular weight excluding hydrogens is 438 g/mol. The van der Waals surface area contributed by atoms with Crippen LogP contribution in [-0.4, -0.2) is 27.0 Å². The summed E-state index contributed by atoms with van der Waals surface area (Å²) in [6.07, 6.45) is 0. The summed E-state index contributed by atoms with van der Waals surface area (Å²) in [4.78, 5) is 22.9. The molecule has 0 aliphatic heterocycles. The fourth-order valence-electron chi connectivity index (χ4n) is 3.76. The van der Waals surface area contributed by atoms with Gasteiger partial charge in [0, 0.05) is 16.4 Å². The number of halogens is 1. The van der Waals surface area contributed by atoms with Crippen LogP contribution in [0.4, 0.5) is 11.5 Å². The smallest absolute Gasteiger partial charge is 0.261 e. The number of hydrogen-bond donors (Lipinski definition) is 2. The van der Waals surface area contributed by atoms with Gasteiger partial charge in [-0.1, -0.05) is 29.8 Å². The first-order valence-corrected chi connectivity index (χ1v) is 10.8. The van der Waals surface area contributed by atoms with E-state index >= 15 is 0 Å². The van der Waals surface area contributed by atoms with E-state index in [0.717, 1.165) is 11.4 Å². The number of hydrogen-bond acceptors (Lipinski definition) is 5. The van der Waals surface area contributed by atoms with E-state index < -0.39 is 5.91 Å². The van der Waals surface area contributed by atoms with Gasteiger partial charge in [0.05, 0.1) is 17.6 Å². The van der Waals surface area contributed by atoms with Crippen molar-refractivity contribution >= 4 is 51.2 Å². The lowest BCUT2D eigenvalue weighted by Gasteiger charge is -2.10. The minimum Gasteiger partial charge on any atom is -0.494 e. The number of carbonyl (C=O) groups excluding carboxylic acids is 1. The maximum absolute atomic E-state index is 13.3. The van der Waals surface area contributed by atoms with Gasteiger partial charge in [-0.3, -0.25) is 9.36 Å². The van der Waals surface area contributed by atoms with E-state index in [1.165, 1.54) is 0 Å². The van der Waals surface area contributed by atoms with Gasteiger partial charge in [-0.25, -0.2) is 9.97 Å². The summed E-state index contributed by atoms with van der Waals surface area (Å²) in [5, 5.41) is 3.38. The van der Waals surface area contributed by atoms with Crippen LogP contribution in [0.5, 0.6) is 5.75 Å². The third-order valence-corrected chi connectivity index (χ3v) is 5.45. The Kier molecular flexibility index (Phi) is 5.32. The van der Waals surface area contributed by atoms with E-state index in [1.807, 2.05) is 55.5 Å². The lowest BCUT2D eigenvalue weighted by Crippen LogP contribution is -2.14. The fourth-order valence-corrected chi connectivity index (χ4v) is 3.96. The molecule has 5 aromatic rings. The van der Waals surface area contributed by atoms with Gasteiger partial charge in [0.2, 0.25) is 0 Å². The van der Waals surface area contributed by atoms with Crippen LogP contribution in [0.15, 0.2) is 72.8 Å². The van der Waals surface area contributed by atoms with Crippen LogP contribution in [-0.2, 0) is 0 Å². The molecule has 2 heterocycles. The molecule has 0 atom stereocenters. The summed E-state index contributed by atoms with van der Waals surface area (Å²) < 4.78 is 7.28. The lowest BCUT2D eigenvalue weighted by molar-refractivity contribution is 0.102. The second-order valence-electron chi connectivity index (χ2n) is 7.37. The summed E-state index contributed by atoms with van der Waals surface area (Å²) in [5.41, 5.74) is 10.4. The van der Waals surface area contributed by atoms with E-state index in [-0.39, 0.29) is 11.4 Å². The highest BCUT2D eigenvalue weighted by Gasteiger charge is 2.25. The average molecular weight is 458 g/mol. The molecule has 0 aliphatic rings. The number of anilines is 2. The predicted octanol–water partition coefficient (Wildman–Crippen LogP) is 5.46. The molecule has 33 heavy (non-hydrogen) atoms. The van der Waals surface area contributed by atoms with E-state index in [4.69, 9.17) is 32.0 Å². The topological polar surface area (TPSA) is 95.1 Å². The number of fused-ring (bicyclic) bond motifs is 2. The molecule has 0 radical (unpaired) electrons. The molecule has 0 unspecified atom stereocenters. The normalized spacial score (nSPS) is 11.1. The second-order valence-corrected chi connectivity index (χ2v) is 7.81. The zero-order chi connectivity index (χ0) is 22.9. The van der Waals surface area contributed by atoms with E-state index in [0.29, 0.717) is 39.5 Å². The van der Waals surface area contributed by atoms with Crippen LogP contribution in [0.2, 0.25) is 5.02 Å². The number of nitrogens with one attached hydrogen (secondary N) is 1. The van der Waals surface area contributed by atoms with Crippen molar-refractivity contribution in [2.24, 2.45) is 0 Å². The van der Waals surface area contributed by atoms with Crippen molar-refractivity contribution in [3.05, 3.63) is 83.4 Å². The molecule has 8 heteroatoms. The Balaban J connectivity index is 1.70. The Bertz CT molecular complexity index is 1490. The maximum atomic E-state index is 13.3. The quantitative estimate of drug-likeness (QED) is 0.365. The van der Waals surface area contributed by atoms with Gasteiger partial charge in [-0.15, -0.1) is 0 Å². The summed E-state index contributed by atoms with van der Waals surface area (Å²) in [6, 6.07) is 21.9. The number of ether oxygens (including phenoxy) is 1. The number of rotatable bonds is 5. The number of amides is 1. The fraction of sp³-hybridized carbons (Fsp3) is 0.0800. The molecule has 1 amide bonds. The van der Waals surface area contributed by atoms with Gasteiger partial charge >= 0.3 is 0 Å². The van der Waals surface area contributed by atoms with Crippen LogP contribution in [0.1, 0.15) is 17.3 Å². The van der Waals surface area contributed by atoms with Crippen LogP contribution >= 0.6 is 11.6 Å². The Morgan fingerprint density at radius 3 is 2.45 bits per heavy atom. The van der Waals surface area contributed by atoms with Crippen LogP contribution in [0.25, 0.3) is 27.9 Å². The minimum atomic E-state index is -0.394. The highest BCUT2D eigenvalue weighted by atomic mass is 35.5. The lowest BCUT2D eigenvalue weighted by atomic mass is 10.2. The first-order chi connectivity index (χ1) is 16.0. The van der Waals surface area contributed by atoms with Gasteiger partial charge in [-0.05, 0) is 61.5 Å². The summed E-state index contributed by atoms with van der Waals surface area (Å²) >= 11 is 6.07. The SMILES string of the molecule is CCOc1ccc(-n2c(N)c(C(=O)Nc3cccc(Cl)c3)c3nc4ccccc4nc32)cc1. The van der Waals surface area contributed by atoms with E-state index in [9.17, 15) is 4.79 Å². The molecule has 3 N–H and O–H groups in total. The van der Waals surface area contributed by atoms with Gasteiger partial charge in [0.15, 0.2) is 5.65 Å². The van der Waals surface area contributed by atoms with Crippen molar-refractivity contribution in [3.63, 3.8) is 0 Å². The molecule has 0 bridgehead atoms. The van der Waals surface area contributed by atoms with Crippen LogP contribution in [0, 0.1) is 0 Å². The van der Waals surface area contributed by atoms with Gasteiger partial charge in [-0.2, -0.15) is 0 Å². The molecule has 7 nitrogen and oxygen atoms in total. The number of aromatic nitrogens is 3. The standard InChI is InChI=1S/C25H20ClN5O2/c1-2-33-18-12-10-17(11-13-18)31-23(27)21(25(32)28-16-7-5-6-15(26)14-16)22-24(31)30-20-9-4-3-8-19(20)29-22/h3-14H,2,27H2,1H3,(H,28,32). The van der Waals surface area contributed by atoms with Gasteiger partial charge in [0.1, 0.15) is 22.6 Å². The third kappa shape index (κ3) is 3.83. The van der Waals surface area contributed by atoms with Crippen molar-refractivity contribution in [1.29, 1.82) is 0 Å². The Hall–Kier alpha value is -4.10. The molecule has 0 fully saturated rings. The molecule has 3 aromatic carbocycles. The zero-order valence-corrected chi connectivity index (χ0v) is 18.5. The first kappa shape index (κ1) is 20.8. The first-order valence-electron chi connectivity index (χ1n) is 10.4. The third-order valence-electron chi connectivity index (χ3n) is 5.21. The predicted molar refractivity (Wildman–Crippen MR) is 131 cm³/mol. The molecule has 2 aromatic heterocycles. The van der Waals surface area contributed by atoms with Crippen molar-refractivity contribution in [3.8, 4) is 11.4 Å². The van der Waals surface area contributed by atoms with E-state index in [2.05, 4.69) is 5.32 Å². The van der Waals surface area contributed by atoms with Crippen molar-refractivity contribution < 1.29 is 9.53 Å². The van der Waals surface area contributed by atoms with Crippen LogP contribution in [0.3, 0.4) is 0 Å². The van der Waals surface area contributed by atoms with Crippen molar-refractivity contribution in [2.45, 2.75) is 6.92 Å². The second kappa shape index (κ2) is 8.44. The van der Waals surface area contributed by atoms with Crippen molar-refractivity contribution in [1.82, 2.24) is 14.5 Å². The number of nitrogens with two attached hydrogens (primary N) is 1. The van der Waals surface area contributed by atoms with Crippen LogP contribution < -0.4 is 15.8 Å². The van der Waals surface area contributed by atoms with E-state index in [1.54, 1.807) is 28.8 Å².